The Morgan fingerprint density at radius 2 is 1.66 bits per heavy atom. The fourth-order valence-corrected chi connectivity index (χ4v) is 5.54. The van der Waals surface area contributed by atoms with Crippen LogP contribution in [0.3, 0.4) is 0 Å². The van der Waals surface area contributed by atoms with E-state index in [-0.39, 0.29) is 22.5 Å². The highest BCUT2D eigenvalue weighted by molar-refractivity contribution is 7.90. The predicted molar refractivity (Wildman–Crippen MR) is 154 cm³/mol. The number of benzene rings is 2. The molecule has 0 unspecified atom stereocenters. The van der Waals surface area contributed by atoms with E-state index in [4.69, 9.17) is 13.9 Å². The molecular formula is C30H35N3O4S. The van der Waals surface area contributed by atoms with E-state index < -0.39 is 10.1 Å². The topological polar surface area (TPSA) is 81.9 Å². The van der Waals surface area contributed by atoms with Gasteiger partial charge in [-0.05, 0) is 67.7 Å². The number of nitrogens with one attached hydrogen (secondary N) is 1. The highest BCUT2D eigenvalue weighted by Crippen LogP contribution is 2.38. The minimum absolute atomic E-state index is 0.0975. The summed E-state index contributed by atoms with van der Waals surface area (Å²) in [7, 11) is -2.53. The van der Waals surface area contributed by atoms with E-state index >= 15 is 0 Å². The molecule has 0 spiro atoms. The molecule has 200 valence electrons. The summed E-state index contributed by atoms with van der Waals surface area (Å²) in [6.45, 7) is 11.0. The molecule has 0 aliphatic carbocycles. The number of fused-ring (bicyclic) bond motifs is 1. The van der Waals surface area contributed by atoms with Crippen LogP contribution in [0.25, 0.3) is 23.0 Å². The Morgan fingerprint density at radius 1 is 0.947 bits per heavy atom. The van der Waals surface area contributed by atoms with Crippen molar-refractivity contribution in [3.63, 3.8) is 0 Å². The zero-order valence-electron chi connectivity index (χ0n) is 22.7. The summed E-state index contributed by atoms with van der Waals surface area (Å²) < 4.78 is 38.2. The van der Waals surface area contributed by atoms with Crippen molar-refractivity contribution in [1.82, 2.24) is 9.38 Å². The van der Waals surface area contributed by atoms with Gasteiger partial charge in [-0.2, -0.15) is 8.42 Å². The molecule has 2 aromatic carbocycles. The lowest BCUT2D eigenvalue weighted by atomic mass is 9.82. The third-order valence-corrected chi connectivity index (χ3v) is 6.71. The number of ether oxygens (including phenoxy) is 1. The van der Waals surface area contributed by atoms with E-state index in [1.807, 2.05) is 59.1 Å². The van der Waals surface area contributed by atoms with Crippen LogP contribution in [-0.2, 0) is 10.1 Å². The maximum Gasteiger partial charge on any atom is 0.332 e. The predicted octanol–water partition coefficient (Wildman–Crippen LogP) is 7.02. The van der Waals surface area contributed by atoms with Gasteiger partial charge in [0.1, 0.15) is 17.2 Å². The van der Waals surface area contributed by atoms with Crippen molar-refractivity contribution in [3.8, 4) is 22.8 Å². The van der Waals surface area contributed by atoms with Gasteiger partial charge in [0.25, 0.3) is 0 Å². The summed E-state index contributed by atoms with van der Waals surface area (Å²) in [6, 6.07) is 20.1. The summed E-state index contributed by atoms with van der Waals surface area (Å²) in [5.41, 5.74) is 2.96. The highest BCUT2D eigenvalue weighted by atomic mass is 32.2. The first-order valence-corrected chi connectivity index (χ1v) is 13.9. The number of imidazole rings is 1. The maximum absolute atomic E-state index is 12.6. The Labute approximate surface area is 225 Å². The first-order valence-electron chi connectivity index (χ1n) is 12.5. The second kappa shape index (κ2) is 10.5. The van der Waals surface area contributed by atoms with Crippen molar-refractivity contribution >= 4 is 27.7 Å². The van der Waals surface area contributed by atoms with Crippen LogP contribution in [0.4, 0.5) is 5.82 Å². The molecular weight excluding hydrogens is 498 g/mol. The fraction of sp³-hybridized carbons (Fsp3) is 0.300. The van der Waals surface area contributed by atoms with Gasteiger partial charge in [0.05, 0.1) is 12.5 Å². The molecule has 0 saturated heterocycles. The molecule has 0 aliphatic rings. The van der Waals surface area contributed by atoms with Gasteiger partial charge in [-0.3, -0.25) is 4.40 Å². The lowest BCUT2D eigenvalue weighted by Gasteiger charge is -2.34. The zero-order chi connectivity index (χ0) is 27.6. The second-order valence-electron chi connectivity index (χ2n) is 11.1. The smallest absolute Gasteiger partial charge is 0.332 e. The summed E-state index contributed by atoms with van der Waals surface area (Å²) in [6.07, 6.45) is 4.40. The van der Waals surface area contributed by atoms with E-state index in [1.54, 1.807) is 18.2 Å². The number of aromatic nitrogens is 2. The van der Waals surface area contributed by atoms with Crippen LogP contribution in [0.5, 0.6) is 11.5 Å². The van der Waals surface area contributed by atoms with E-state index in [2.05, 4.69) is 39.9 Å². The van der Waals surface area contributed by atoms with Gasteiger partial charge >= 0.3 is 10.1 Å². The normalized spacial score (nSPS) is 12.7. The van der Waals surface area contributed by atoms with E-state index in [9.17, 15) is 8.42 Å². The monoisotopic (exact) mass is 533 g/mol. The van der Waals surface area contributed by atoms with Crippen LogP contribution in [0, 0.1) is 5.41 Å². The standard InChI is InChI=1S/C30H35N3O4S/c1-29(2,3)21-30(4,5)32-28-27(31-26-14-10-11-18-33(26)28)23-15-16-24(25(20-23)36-6)37-38(34,35)19-17-22-12-8-7-9-13-22/h7-20,32H,21H2,1-6H3/b19-17+. The van der Waals surface area contributed by atoms with Crippen LogP contribution in [-0.4, -0.2) is 30.5 Å². The third-order valence-electron chi connectivity index (χ3n) is 5.83. The van der Waals surface area contributed by atoms with E-state index in [0.717, 1.165) is 40.1 Å². The van der Waals surface area contributed by atoms with Crippen molar-refractivity contribution < 1.29 is 17.3 Å². The molecule has 0 fully saturated rings. The number of nitrogens with zero attached hydrogens (tertiary/aromatic N) is 2. The molecule has 2 heterocycles. The number of hydrogen-bond donors (Lipinski definition) is 1. The molecule has 0 radical (unpaired) electrons. The van der Waals surface area contributed by atoms with E-state index in [1.165, 1.54) is 13.2 Å². The Kier molecular flexibility index (Phi) is 7.56. The molecule has 0 aliphatic heterocycles. The van der Waals surface area contributed by atoms with Crippen molar-refractivity contribution in [2.45, 2.75) is 46.6 Å². The van der Waals surface area contributed by atoms with Gasteiger partial charge < -0.3 is 14.2 Å². The average molecular weight is 534 g/mol. The molecule has 38 heavy (non-hydrogen) atoms. The molecule has 4 aromatic rings. The fourth-order valence-electron chi connectivity index (χ4n) is 4.77. The van der Waals surface area contributed by atoms with Gasteiger partial charge in [-0.25, -0.2) is 4.98 Å². The van der Waals surface area contributed by atoms with Crippen LogP contribution < -0.4 is 14.2 Å². The van der Waals surface area contributed by atoms with Crippen molar-refractivity contribution in [3.05, 3.63) is 83.9 Å². The number of rotatable bonds is 9. The van der Waals surface area contributed by atoms with Crippen LogP contribution >= 0.6 is 0 Å². The van der Waals surface area contributed by atoms with Crippen molar-refractivity contribution in [1.29, 1.82) is 0 Å². The van der Waals surface area contributed by atoms with Crippen molar-refractivity contribution in [2.24, 2.45) is 5.41 Å². The summed E-state index contributed by atoms with van der Waals surface area (Å²) in [4.78, 5) is 4.88. The second-order valence-corrected chi connectivity index (χ2v) is 12.6. The molecule has 1 N–H and O–H groups in total. The SMILES string of the molecule is COc1cc(-c2nc3ccccn3c2NC(C)(C)CC(C)(C)C)ccc1OS(=O)(=O)/C=C/c1ccccc1. The lowest BCUT2D eigenvalue weighted by Crippen LogP contribution is -2.36. The third kappa shape index (κ3) is 6.75. The van der Waals surface area contributed by atoms with Crippen LogP contribution in [0.2, 0.25) is 0 Å². The maximum atomic E-state index is 12.6. The van der Waals surface area contributed by atoms with Gasteiger partial charge in [0, 0.05) is 17.3 Å². The Hall–Kier alpha value is -3.78. The number of hydrogen-bond acceptors (Lipinski definition) is 6. The van der Waals surface area contributed by atoms with Crippen molar-refractivity contribution in [2.75, 3.05) is 12.4 Å². The van der Waals surface area contributed by atoms with Gasteiger partial charge in [0.2, 0.25) is 0 Å². The Balaban J connectivity index is 1.69. The summed E-state index contributed by atoms with van der Waals surface area (Å²) in [5.74, 6) is 1.24. The molecule has 4 rings (SSSR count). The number of pyridine rings is 1. The summed E-state index contributed by atoms with van der Waals surface area (Å²) >= 11 is 0. The minimum Gasteiger partial charge on any atom is -0.493 e. The molecule has 0 amide bonds. The molecule has 0 atom stereocenters. The van der Waals surface area contributed by atoms with Gasteiger partial charge in [0.15, 0.2) is 11.5 Å². The zero-order valence-corrected chi connectivity index (χ0v) is 23.5. The first-order chi connectivity index (χ1) is 17.9. The molecule has 0 bridgehead atoms. The molecule has 7 nitrogen and oxygen atoms in total. The van der Waals surface area contributed by atoms with Gasteiger partial charge in [-0.15, -0.1) is 0 Å². The average Bonchev–Trinajstić information content (AvgIpc) is 3.19. The minimum atomic E-state index is -4.01. The van der Waals surface area contributed by atoms with Crippen LogP contribution in [0.15, 0.2) is 78.3 Å². The Morgan fingerprint density at radius 3 is 2.34 bits per heavy atom. The molecule has 2 aromatic heterocycles. The Bertz CT molecular complexity index is 1550. The largest absolute Gasteiger partial charge is 0.493 e. The first kappa shape index (κ1) is 27.3. The number of anilines is 1. The van der Waals surface area contributed by atoms with E-state index in [0.29, 0.717) is 0 Å². The lowest BCUT2D eigenvalue weighted by molar-refractivity contribution is 0.302. The summed E-state index contributed by atoms with van der Waals surface area (Å²) in [5, 5.41) is 4.75. The van der Waals surface area contributed by atoms with Crippen LogP contribution in [0.1, 0.15) is 46.6 Å². The highest BCUT2D eigenvalue weighted by Gasteiger charge is 2.28. The van der Waals surface area contributed by atoms with Gasteiger partial charge in [-0.1, -0.05) is 57.2 Å². The number of methoxy groups -OCH3 is 1. The molecule has 0 saturated carbocycles. The molecule has 8 heteroatoms. The quantitative estimate of drug-likeness (QED) is 0.233.